The molecule has 1 aliphatic heterocycles. The number of nitrogens with two attached hydrogens (primary N) is 1. The van der Waals surface area contributed by atoms with Gasteiger partial charge in [-0.05, 0) is 26.2 Å². The van der Waals surface area contributed by atoms with Crippen LogP contribution in [-0.2, 0) is 13.1 Å². The summed E-state index contributed by atoms with van der Waals surface area (Å²) in [5.41, 5.74) is 8.13. The Balaban J connectivity index is 2.13. The Kier molecular flexibility index (Phi) is 4.30. The van der Waals surface area contributed by atoms with Crippen molar-refractivity contribution in [1.29, 1.82) is 0 Å². The minimum absolute atomic E-state index is 0.284. The molecule has 1 aromatic heterocycles. The van der Waals surface area contributed by atoms with Gasteiger partial charge in [0.2, 0.25) is 0 Å². The molecule has 1 aromatic rings. The highest BCUT2D eigenvalue weighted by Gasteiger charge is 2.24. The molecule has 0 aromatic carbocycles. The van der Waals surface area contributed by atoms with Crippen LogP contribution in [0.3, 0.4) is 0 Å². The summed E-state index contributed by atoms with van der Waals surface area (Å²) in [7, 11) is 0. The summed E-state index contributed by atoms with van der Waals surface area (Å²) in [5.74, 6) is 0.659. The fraction of sp³-hybridized carbons (Fsp3) is 0.769. The molecule has 5 heteroatoms. The quantitative estimate of drug-likeness (QED) is 0.914. The molecule has 2 atom stereocenters. The van der Waals surface area contributed by atoms with Gasteiger partial charge in [-0.15, -0.1) is 0 Å². The fourth-order valence-corrected chi connectivity index (χ4v) is 3.07. The van der Waals surface area contributed by atoms with E-state index in [1.54, 1.807) is 0 Å². The van der Waals surface area contributed by atoms with Crippen LogP contribution in [-0.4, -0.2) is 33.8 Å². The van der Waals surface area contributed by atoms with Crippen LogP contribution in [0.4, 0.5) is 0 Å². The van der Waals surface area contributed by atoms with Crippen LogP contribution >= 0.6 is 11.6 Å². The number of likely N-dealkylation sites (tertiary alicyclic amines) is 1. The molecule has 1 fully saturated rings. The Morgan fingerprint density at radius 3 is 2.78 bits per heavy atom. The van der Waals surface area contributed by atoms with Crippen LogP contribution in [0.25, 0.3) is 0 Å². The minimum Gasteiger partial charge on any atom is -0.327 e. The van der Waals surface area contributed by atoms with Gasteiger partial charge in [0.25, 0.3) is 0 Å². The van der Waals surface area contributed by atoms with Crippen LogP contribution in [0.5, 0.6) is 0 Å². The largest absolute Gasteiger partial charge is 0.327 e. The molecule has 0 saturated carbocycles. The summed E-state index contributed by atoms with van der Waals surface area (Å²) in [6, 6.07) is 0.284. The summed E-state index contributed by atoms with van der Waals surface area (Å²) in [5, 5.41) is 5.27. The molecule has 1 aliphatic rings. The van der Waals surface area contributed by atoms with E-state index in [2.05, 4.69) is 23.8 Å². The second kappa shape index (κ2) is 5.59. The molecule has 18 heavy (non-hydrogen) atoms. The summed E-state index contributed by atoms with van der Waals surface area (Å²) in [6.07, 6.45) is 1.12. The third-order valence-electron chi connectivity index (χ3n) is 3.59. The molecule has 2 N–H and O–H groups in total. The van der Waals surface area contributed by atoms with E-state index in [1.807, 2.05) is 11.6 Å². The monoisotopic (exact) mass is 270 g/mol. The van der Waals surface area contributed by atoms with Crippen molar-refractivity contribution < 1.29 is 0 Å². The molecule has 0 aliphatic carbocycles. The first-order valence-electron chi connectivity index (χ1n) is 6.71. The number of hydrogen-bond acceptors (Lipinski definition) is 3. The Morgan fingerprint density at radius 2 is 2.17 bits per heavy atom. The lowest BCUT2D eigenvalue weighted by molar-refractivity contribution is 0.154. The first-order chi connectivity index (χ1) is 8.51. The molecule has 102 valence electrons. The van der Waals surface area contributed by atoms with Crippen LogP contribution < -0.4 is 5.73 Å². The average Bonchev–Trinajstić information content (AvgIpc) is 2.55. The van der Waals surface area contributed by atoms with Crippen LogP contribution in [0.1, 0.15) is 31.7 Å². The van der Waals surface area contributed by atoms with Crippen LogP contribution in [0.2, 0.25) is 5.02 Å². The number of aromatic nitrogens is 2. The van der Waals surface area contributed by atoms with Crippen LogP contribution in [0, 0.1) is 12.8 Å². The highest BCUT2D eigenvalue weighted by Crippen LogP contribution is 2.24. The topological polar surface area (TPSA) is 47.1 Å². The summed E-state index contributed by atoms with van der Waals surface area (Å²) in [6.45, 7) is 10.1. The third kappa shape index (κ3) is 2.87. The van der Waals surface area contributed by atoms with E-state index in [4.69, 9.17) is 17.3 Å². The maximum absolute atomic E-state index is 6.34. The first kappa shape index (κ1) is 13.8. The normalized spacial score (nSPS) is 25.6. The zero-order valence-electron chi connectivity index (χ0n) is 11.5. The van der Waals surface area contributed by atoms with Gasteiger partial charge in [0.05, 0.1) is 16.4 Å². The van der Waals surface area contributed by atoms with Gasteiger partial charge in [-0.1, -0.05) is 18.5 Å². The van der Waals surface area contributed by atoms with E-state index in [1.165, 1.54) is 0 Å². The molecule has 0 radical (unpaired) electrons. The molecule has 4 nitrogen and oxygen atoms in total. The van der Waals surface area contributed by atoms with Crippen molar-refractivity contribution in [3.63, 3.8) is 0 Å². The Morgan fingerprint density at radius 1 is 1.44 bits per heavy atom. The molecule has 2 heterocycles. The standard InChI is InChI=1S/C13H23ClN4/c1-4-18-12(13(14)10(3)16-18)8-17-6-9(2)5-11(15)7-17/h9,11H,4-8,15H2,1-3H3. The second-order valence-electron chi connectivity index (χ2n) is 5.46. The molecule has 1 saturated heterocycles. The molecular formula is C13H23ClN4. The maximum atomic E-state index is 6.34. The van der Waals surface area contributed by atoms with Gasteiger partial charge in [0, 0.05) is 32.2 Å². The Bertz CT molecular complexity index is 405. The SMILES string of the molecule is CCn1nc(C)c(Cl)c1CN1CC(C)CC(N)C1. The van der Waals surface area contributed by atoms with Gasteiger partial charge < -0.3 is 5.73 Å². The highest BCUT2D eigenvalue weighted by molar-refractivity contribution is 6.31. The summed E-state index contributed by atoms with van der Waals surface area (Å²) in [4.78, 5) is 2.40. The first-order valence-corrected chi connectivity index (χ1v) is 7.08. The van der Waals surface area contributed by atoms with E-state index >= 15 is 0 Å². The predicted octanol–water partition coefficient (Wildman–Crippen LogP) is 2.03. The van der Waals surface area contributed by atoms with Gasteiger partial charge in [0.15, 0.2) is 0 Å². The van der Waals surface area contributed by atoms with Gasteiger partial charge in [-0.3, -0.25) is 9.58 Å². The molecule has 2 rings (SSSR count). The average molecular weight is 271 g/mol. The van der Waals surface area contributed by atoms with Gasteiger partial charge in [-0.2, -0.15) is 5.10 Å². The Hall–Kier alpha value is -0.580. The Labute approximate surface area is 114 Å². The van der Waals surface area contributed by atoms with Crippen molar-refractivity contribution in [3.05, 3.63) is 16.4 Å². The third-order valence-corrected chi connectivity index (χ3v) is 4.09. The molecule has 0 spiro atoms. The molecule has 2 unspecified atom stereocenters. The van der Waals surface area contributed by atoms with Crippen molar-refractivity contribution >= 4 is 11.6 Å². The van der Waals surface area contributed by atoms with Crippen LogP contribution in [0.15, 0.2) is 0 Å². The minimum atomic E-state index is 0.284. The smallest absolute Gasteiger partial charge is 0.0860 e. The zero-order valence-corrected chi connectivity index (χ0v) is 12.2. The molecular weight excluding hydrogens is 248 g/mol. The summed E-state index contributed by atoms with van der Waals surface area (Å²) >= 11 is 6.34. The maximum Gasteiger partial charge on any atom is 0.0860 e. The summed E-state index contributed by atoms with van der Waals surface area (Å²) < 4.78 is 2.00. The van der Waals surface area contributed by atoms with Gasteiger partial charge >= 0.3 is 0 Å². The number of rotatable bonds is 3. The zero-order chi connectivity index (χ0) is 13.3. The predicted molar refractivity (Wildman–Crippen MR) is 74.7 cm³/mol. The highest BCUT2D eigenvalue weighted by atomic mass is 35.5. The van der Waals surface area contributed by atoms with Gasteiger partial charge in [-0.25, -0.2) is 0 Å². The van der Waals surface area contributed by atoms with Crippen molar-refractivity contribution in [2.24, 2.45) is 11.7 Å². The molecule has 0 bridgehead atoms. The van der Waals surface area contributed by atoms with E-state index < -0.39 is 0 Å². The van der Waals surface area contributed by atoms with Gasteiger partial charge in [0.1, 0.15) is 0 Å². The lowest BCUT2D eigenvalue weighted by Gasteiger charge is -2.34. The molecule has 0 amide bonds. The van der Waals surface area contributed by atoms with Crippen molar-refractivity contribution in [3.8, 4) is 0 Å². The van der Waals surface area contributed by atoms with E-state index in [0.29, 0.717) is 5.92 Å². The number of halogens is 1. The second-order valence-corrected chi connectivity index (χ2v) is 5.83. The van der Waals surface area contributed by atoms with Crippen molar-refractivity contribution in [1.82, 2.24) is 14.7 Å². The van der Waals surface area contributed by atoms with Crippen molar-refractivity contribution in [2.75, 3.05) is 13.1 Å². The lowest BCUT2D eigenvalue weighted by atomic mass is 9.96. The lowest BCUT2D eigenvalue weighted by Crippen LogP contribution is -2.46. The van der Waals surface area contributed by atoms with E-state index in [-0.39, 0.29) is 6.04 Å². The number of nitrogens with zero attached hydrogens (tertiary/aromatic N) is 3. The number of piperidine rings is 1. The van der Waals surface area contributed by atoms with E-state index in [9.17, 15) is 0 Å². The van der Waals surface area contributed by atoms with Crippen molar-refractivity contribution in [2.45, 2.75) is 46.3 Å². The number of aryl methyl sites for hydroxylation is 2. The number of hydrogen-bond donors (Lipinski definition) is 1. The van der Waals surface area contributed by atoms with E-state index in [0.717, 1.165) is 49.0 Å². The fourth-order valence-electron chi connectivity index (χ4n) is 2.87.